The van der Waals surface area contributed by atoms with Crippen molar-refractivity contribution in [1.29, 1.82) is 0 Å². The van der Waals surface area contributed by atoms with Gasteiger partial charge < -0.3 is 15.8 Å². The van der Waals surface area contributed by atoms with Gasteiger partial charge in [0.25, 0.3) is 0 Å². The monoisotopic (exact) mass is 381 g/mol. The molecule has 0 bridgehead atoms. The van der Waals surface area contributed by atoms with E-state index in [0.717, 1.165) is 25.9 Å². The summed E-state index contributed by atoms with van der Waals surface area (Å²) in [5.74, 6) is 0. The number of nitrogens with two attached hydrogens (primary N) is 1. The molecule has 0 aromatic heterocycles. The van der Waals surface area contributed by atoms with Crippen molar-refractivity contribution in [3.8, 4) is 0 Å². The van der Waals surface area contributed by atoms with Gasteiger partial charge in [0.15, 0.2) is 6.23 Å². The van der Waals surface area contributed by atoms with Crippen LogP contribution in [-0.4, -0.2) is 31.8 Å². The number of ether oxygens (including phenoxy) is 1. The molecule has 1 rings (SSSR count). The Bertz CT molecular complexity index is 336. The first-order valence-corrected chi connectivity index (χ1v) is 12.0. The molecule has 4 nitrogen and oxygen atoms in total. The Hall–Kier alpha value is -0.610. The van der Waals surface area contributed by atoms with Crippen molar-refractivity contribution in [3.05, 3.63) is 0 Å². The summed E-state index contributed by atoms with van der Waals surface area (Å²) in [6.45, 7) is 4.36. The third-order valence-corrected chi connectivity index (χ3v) is 5.67. The molecule has 0 radical (unpaired) electrons. The predicted octanol–water partition coefficient (Wildman–Crippen LogP) is 5.94. The Morgan fingerprint density at radius 1 is 0.815 bits per heavy atom. The van der Waals surface area contributed by atoms with Crippen LogP contribution in [0.5, 0.6) is 0 Å². The predicted molar refractivity (Wildman–Crippen MR) is 118 cm³/mol. The molecule has 0 spiro atoms. The van der Waals surface area contributed by atoms with Crippen molar-refractivity contribution in [2.24, 2.45) is 10.7 Å². The highest BCUT2D eigenvalue weighted by Crippen LogP contribution is 2.19. The number of nitrogens with one attached hydrogen (secondary N) is 1. The standard InChI is InChI=1S/C23H47N3O/c1-2-3-4-5-6-7-8-9-10-11-12-13-14-15-16-19-25-20-22-17-18-23(27-22)26-21-24/h21-23,25H,2-20H2,1H3,(H2,24,26). The van der Waals surface area contributed by atoms with Crippen LogP contribution in [0.25, 0.3) is 0 Å². The van der Waals surface area contributed by atoms with E-state index >= 15 is 0 Å². The zero-order chi connectivity index (χ0) is 19.4. The molecule has 160 valence electrons. The van der Waals surface area contributed by atoms with E-state index in [1.165, 1.54) is 103 Å². The van der Waals surface area contributed by atoms with Crippen molar-refractivity contribution < 1.29 is 4.74 Å². The molecule has 3 N–H and O–H groups in total. The van der Waals surface area contributed by atoms with Gasteiger partial charge >= 0.3 is 0 Å². The summed E-state index contributed by atoms with van der Waals surface area (Å²) >= 11 is 0. The van der Waals surface area contributed by atoms with Gasteiger partial charge in [-0.25, -0.2) is 4.99 Å². The Morgan fingerprint density at radius 2 is 1.33 bits per heavy atom. The third kappa shape index (κ3) is 15.0. The van der Waals surface area contributed by atoms with Gasteiger partial charge in [-0.15, -0.1) is 0 Å². The fourth-order valence-corrected chi connectivity index (χ4v) is 3.93. The van der Waals surface area contributed by atoms with E-state index in [9.17, 15) is 0 Å². The maximum atomic E-state index is 5.79. The van der Waals surface area contributed by atoms with Crippen LogP contribution in [0.4, 0.5) is 0 Å². The first-order chi connectivity index (χ1) is 13.4. The SMILES string of the molecule is CCCCCCCCCCCCCCCCCNCC1CCC(/N=C/N)O1. The molecule has 1 saturated heterocycles. The Labute approximate surface area is 169 Å². The highest BCUT2D eigenvalue weighted by molar-refractivity contribution is 5.51. The fourth-order valence-electron chi connectivity index (χ4n) is 3.93. The smallest absolute Gasteiger partial charge is 0.150 e. The van der Waals surface area contributed by atoms with Crippen LogP contribution in [0.2, 0.25) is 0 Å². The molecule has 1 heterocycles. The molecular weight excluding hydrogens is 334 g/mol. The van der Waals surface area contributed by atoms with Gasteiger partial charge in [0.2, 0.25) is 0 Å². The van der Waals surface area contributed by atoms with Gasteiger partial charge in [0.05, 0.1) is 12.4 Å². The summed E-state index contributed by atoms with van der Waals surface area (Å²) in [5, 5.41) is 3.53. The number of hydrogen-bond donors (Lipinski definition) is 2. The number of rotatable bonds is 19. The second kappa shape index (κ2) is 18.7. The van der Waals surface area contributed by atoms with E-state index in [0.29, 0.717) is 6.10 Å². The van der Waals surface area contributed by atoms with Crippen LogP contribution >= 0.6 is 0 Å². The third-order valence-electron chi connectivity index (χ3n) is 5.67. The van der Waals surface area contributed by atoms with Crippen molar-refractivity contribution in [2.45, 2.75) is 128 Å². The van der Waals surface area contributed by atoms with E-state index in [4.69, 9.17) is 10.5 Å². The number of nitrogens with zero attached hydrogens (tertiary/aromatic N) is 1. The van der Waals surface area contributed by atoms with Crippen LogP contribution in [0, 0.1) is 0 Å². The van der Waals surface area contributed by atoms with E-state index < -0.39 is 0 Å². The van der Waals surface area contributed by atoms with Crippen LogP contribution < -0.4 is 11.1 Å². The number of aliphatic imine (C=N–C) groups is 1. The molecule has 0 aromatic carbocycles. The lowest BCUT2D eigenvalue weighted by Gasteiger charge is -2.12. The molecule has 0 amide bonds. The van der Waals surface area contributed by atoms with Crippen LogP contribution in [0.1, 0.15) is 116 Å². The lowest BCUT2D eigenvalue weighted by atomic mass is 10.0. The van der Waals surface area contributed by atoms with E-state index in [1.807, 2.05) is 0 Å². The van der Waals surface area contributed by atoms with E-state index in [2.05, 4.69) is 17.2 Å². The van der Waals surface area contributed by atoms with Crippen molar-refractivity contribution >= 4 is 6.34 Å². The van der Waals surface area contributed by atoms with Crippen molar-refractivity contribution in [2.75, 3.05) is 13.1 Å². The second-order valence-electron chi connectivity index (χ2n) is 8.24. The summed E-state index contributed by atoms with van der Waals surface area (Å²) in [6.07, 6.45) is 25.1. The van der Waals surface area contributed by atoms with Gasteiger partial charge in [-0.05, 0) is 25.8 Å². The van der Waals surface area contributed by atoms with Crippen molar-refractivity contribution in [1.82, 2.24) is 5.32 Å². The molecule has 2 unspecified atom stereocenters. The average molecular weight is 382 g/mol. The molecule has 0 saturated carbocycles. The zero-order valence-electron chi connectivity index (χ0n) is 18.1. The molecule has 1 aliphatic rings. The minimum atomic E-state index is -0.00686. The minimum Gasteiger partial charge on any atom is -0.390 e. The molecule has 0 aromatic rings. The summed E-state index contributed by atoms with van der Waals surface area (Å²) in [6, 6.07) is 0. The van der Waals surface area contributed by atoms with Crippen LogP contribution in [0.15, 0.2) is 4.99 Å². The lowest BCUT2D eigenvalue weighted by molar-refractivity contribution is 0.0511. The van der Waals surface area contributed by atoms with Crippen molar-refractivity contribution in [3.63, 3.8) is 0 Å². The molecule has 2 atom stereocenters. The normalized spacial score (nSPS) is 20.0. The number of hydrogen-bond acceptors (Lipinski definition) is 3. The summed E-state index contributed by atoms with van der Waals surface area (Å²) in [4.78, 5) is 4.10. The summed E-state index contributed by atoms with van der Waals surface area (Å²) in [5.41, 5.74) is 5.31. The molecule has 27 heavy (non-hydrogen) atoms. The molecule has 0 aliphatic carbocycles. The summed E-state index contributed by atoms with van der Waals surface area (Å²) in [7, 11) is 0. The molecule has 4 heteroatoms. The summed E-state index contributed by atoms with van der Waals surface area (Å²) < 4.78 is 5.79. The van der Waals surface area contributed by atoms with E-state index in [-0.39, 0.29) is 6.23 Å². The van der Waals surface area contributed by atoms with Gasteiger partial charge in [0, 0.05) is 6.54 Å². The average Bonchev–Trinajstić information content (AvgIpc) is 3.12. The lowest BCUT2D eigenvalue weighted by Crippen LogP contribution is -2.27. The first kappa shape index (κ1) is 24.4. The van der Waals surface area contributed by atoms with Gasteiger partial charge in [-0.3, -0.25) is 0 Å². The topological polar surface area (TPSA) is 59.6 Å². The Kier molecular flexibility index (Phi) is 17.0. The molecule has 1 aliphatic heterocycles. The maximum absolute atomic E-state index is 5.79. The molecular formula is C23H47N3O. The largest absolute Gasteiger partial charge is 0.390 e. The fraction of sp³-hybridized carbons (Fsp3) is 0.957. The first-order valence-electron chi connectivity index (χ1n) is 12.0. The van der Waals surface area contributed by atoms with Gasteiger partial charge in [-0.2, -0.15) is 0 Å². The molecule has 1 fully saturated rings. The second-order valence-corrected chi connectivity index (χ2v) is 8.24. The Balaban J connectivity index is 1.70. The zero-order valence-corrected chi connectivity index (χ0v) is 18.1. The highest BCUT2D eigenvalue weighted by atomic mass is 16.5. The minimum absolute atomic E-state index is 0.00686. The highest BCUT2D eigenvalue weighted by Gasteiger charge is 2.23. The Morgan fingerprint density at radius 3 is 1.85 bits per heavy atom. The van der Waals surface area contributed by atoms with Gasteiger partial charge in [0.1, 0.15) is 0 Å². The van der Waals surface area contributed by atoms with Crippen LogP contribution in [-0.2, 0) is 4.74 Å². The number of unbranched alkanes of at least 4 members (excludes halogenated alkanes) is 14. The van der Waals surface area contributed by atoms with Gasteiger partial charge in [-0.1, -0.05) is 96.8 Å². The van der Waals surface area contributed by atoms with E-state index in [1.54, 1.807) is 0 Å². The maximum Gasteiger partial charge on any atom is 0.150 e. The quantitative estimate of drug-likeness (QED) is 0.165. The van der Waals surface area contributed by atoms with Crippen LogP contribution in [0.3, 0.4) is 0 Å².